The van der Waals surface area contributed by atoms with Crippen LogP contribution in [0.5, 0.6) is 5.75 Å². The van der Waals surface area contributed by atoms with Crippen LogP contribution < -0.4 is 15.5 Å². The van der Waals surface area contributed by atoms with E-state index in [0.29, 0.717) is 24.2 Å². The van der Waals surface area contributed by atoms with Gasteiger partial charge in [-0.3, -0.25) is 19.7 Å². The van der Waals surface area contributed by atoms with Gasteiger partial charge in [-0.15, -0.1) is 0 Å². The molecular weight excluding hydrogens is 590 g/mol. The Morgan fingerprint density at radius 3 is 2.49 bits per heavy atom. The molecule has 242 valence electrons. The van der Waals surface area contributed by atoms with Gasteiger partial charge in [-0.1, -0.05) is 0 Å². The molecule has 5 rings (SSSR count). The molecule has 3 heterocycles. The number of esters is 2. The van der Waals surface area contributed by atoms with Crippen molar-refractivity contribution in [2.45, 2.75) is 84.8 Å². The standard InChI is InChI=1S/C32H38F2N4O7/c1-6-43-30(42)24-17-38(20-7-8-20)26-23(27(24)40)10-9-22(28(26)44-31(33)34)19-13-21-16-37(12-11-36(21)15-19)29(41)18(2)35-14-25(39)45-32(3,4)5/h9-10,13,15,17-18,20,31,35H,6-8,11-12,14,16H2,1-5H3/t18-/m0/s1. The predicted molar refractivity (Wildman–Crippen MR) is 161 cm³/mol. The summed E-state index contributed by atoms with van der Waals surface area (Å²) in [5.74, 6) is -1.57. The highest BCUT2D eigenvalue weighted by atomic mass is 19.3. The Hall–Kier alpha value is -4.26. The first-order valence-corrected chi connectivity index (χ1v) is 15.0. The zero-order valence-corrected chi connectivity index (χ0v) is 26.0. The smallest absolute Gasteiger partial charge is 0.387 e. The van der Waals surface area contributed by atoms with E-state index >= 15 is 0 Å². The fourth-order valence-corrected chi connectivity index (χ4v) is 5.56. The lowest BCUT2D eigenvalue weighted by molar-refractivity contribution is -0.153. The number of fused-ring (bicyclic) bond motifs is 2. The molecule has 1 N–H and O–H groups in total. The van der Waals surface area contributed by atoms with Crippen LogP contribution in [0.4, 0.5) is 8.78 Å². The molecular formula is C32H38F2N4O7. The van der Waals surface area contributed by atoms with Gasteiger partial charge in [0.1, 0.15) is 11.2 Å². The Morgan fingerprint density at radius 1 is 1.11 bits per heavy atom. The van der Waals surface area contributed by atoms with E-state index in [1.165, 1.54) is 12.3 Å². The lowest BCUT2D eigenvalue weighted by Crippen LogP contribution is -2.48. The van der Waals surface area contributed by atoms with Gasteiger partial charge in [-0.25, -0.2) is 4.79 Å². The average Bonchev–Trinajstić information content (AvgIpc) is 3.72. The second-order valence-electron chi connectivity index (χ2n) is 12.3. The van der Waals surface area contributed by atoms with Gasteiger partial charge in [-0.05, 0) is 65.7 Å². The highest BCUT2D eigenvalue weighted by Crippen LogP contribution is 2.43. The number of rotatable bonds is 10. The molecule has 0 spiro atoms. The number of nitrogens with one attached hydrogen (secondary N) is 1. The molecule has 1 saturated carbocycles. The SMILES string of the molecule is CCOC(=O)c1cn(C2CC2)c2c(OC(F)F)c(-c3cc4n(c3)CCN(C(=O)[C@H](C)NCC(=O)OC(C)(C)C)C4)ccc2c1=O. The summed E-state index contributed by atoms with van der Waals surface area (Å²) in [6.07, 6.45) is 4.71. The van der Waals surface area contributed by atoms with Gasteiger partial charge in [0.25, 0.3) is 0 Å². The fourth-order valence-electron chi connectivity index (χ4n) is 5.56. The molecule has 0 bridgehead atoms. The number of halogens is 2. The van der Waals surface area contributed by atoms with Crippen molar-refractivity contribution >= 4 is 28.7 Å². The van der Waals surface area contributed by atoms with Gasteiger partial charge in [0.05, 0.1) is 36.6 Å². The van der Waals surface area contributed by atoms with Crippen molar-refractivity contribution in [1.82, 2.24) is 19.4 Å². The second-order valence-corrected chi connectivity index (χ2v) is 12.3. The Morgan fingerprint density at radius 2 is 1.84 bits per heavy atom. The molecule has 0 saturated heterocycles. The van der Waals surface area contributed by atoms with Crippen LogP contribution in [0, 0.1) is 0 Å². The molecule has 2 aliphatic rings. The Bertz CT molecular complexity index is 1690. The van der Waals surface area contributed by atoms with Gasteiger partial charge >= 0.3 is 18.6 Å². The summed E-state index contributed by atoms with van der Waals surface area (Å²) in [5, 5.41) is 3.01. The van der Waals surface area contributed by atoms with Gasteiger partial charge < -0.3 is 28.2 Å². The molecule has 0 radical (unpaired) electrons. The Kier molecular flexibility index (Phi) is 9.02. The number of nitrogens with zero attached hydrogens (tertiary/aromatic N) is 3. The van der Waals surface area contributed by atoms with E-state index in [4.69, 9.17) is 14.2 Å². The van der Waals surface area contributed by atoms with E-state index in [1.807, 2.05) is 16.8 Å². The largest absolute Gasteiger partial charge is 0.462 e. The van der Waals surface area contributed by atoms with Crippen molar-refractivity contribution < 1.29 is 37.4 Å². The molecule has 1 atom stereocenters. The first-order valence-electron chi connectivity index (χ1n) is 15.0. The summed E-state index contributed by atoms with van der Waals surface area (Å²) in [7, 11) is 0. The zero-order chi connectivity index (χ0) is 32.6. The molecule has 1 aliphatic heterocycles. The monoisotopic (exact) mass is 628 g/mol. The first-order chi connectivity index (χ1) is 21.3. The Labute approximate surface area is 259 Å². The van der Waals surface area contributed by atoms with Crippen molar-refractivity contribution in [2.75, 3.05) is 19.7 Å². The number of ether oxygens (including phenoxy) is 3. The van der Waals surface area contributed by atoms with Crippen LogP contribution in [0.25, 0.3) is 22.0 Å². The van der Waals surface area contributed by atoms with Crippen molar-refractivity contribution in [3.05, 3.63) is 52.1 Å². The minimum absolute atomic E-state index is 0.0794. The van der Waals surface area contributed by atoms with Crippen LogP contribution in [-0.2, 0) is 32.2 Å². The van der Waals surface area contributed by atoms with Gasteiger partial charge in [-0.2, -0.15) is 8.78 Å². The van der Waals surface area contributed by atoms with E-state index in [9.17, 15) is 28.0 Å². The molecule has 1 fully saturated rings. The number of hydrogen-bond acceptors (Lipinski definition) is 8. The molecule has 1 aliphatic carbocycles. The van der Waals surface area contributed by atoms with E-state index in [2.05, 4.69) is 5.32 Å². The number of amides is 1. The third-order valence-electron chi connectivity index (χ3n) is 7.71. The van der Waals surface area contributed by atoms with Crippen molar-refractivity contribution in [3.8, 4) is 16.9 Å². The molecule has 13 heteroatoms. The number of hydrogen-bond donors (Lipinski definition) is 1. The minimum Gasteiger partial charge on any atom is -0.462 e. The van der Waals surface area contributed by atoms with Gasteiger partial charge in [0, 0.05) is 48.3 Å². The third kappa shape index (κ3) is 7.03. The number of aromatic nitrogens is 2. The van der Waals surface area contributed by atoms with Crippen LogP contribution >= 0.6 is 0 Å². The average molecular weight is 629 g/mol. The van der Waals surface area contributed by atoms with Crippen molar-refractivity contribution in [2.24, 2.45) is 0 Å². The van der Waals surface area contributed by atoms with E-state index in [1.54, 1.807) is 50.2 Å². The summed E-state index contributed by atoms with van der Waals surface area (Å²) in [5.41, 5.74) is 0.499. The van der Waals surface area contributed by atoms with Crippen molar-refractivity contribution in [3.63, 3.8) is 0 Å². The predicted octanol–water partition coefficient (Wildman–Crippen LogP) is 4.25. The number of carbonyl (C=O) groups is 3. The number of pyridine rings is 1. The quantitative estimate of drug-likeness (QED) is 0.331. The normalized spacial score (nSPS) is 15.6. The number of alkyl halides is 2. The van der Waals surface area contributed by atoms with Crippen molar-refractivity contribution in [1.29, 1.82) is 0 Å². The zero-order valence-electron chi connectivity index (χ0n) is 26.0. The molecule has 3 aromatic rings. The van der Waals surface area contributed by atoms with Gasteiger partial charge in [0.15, 0.2) is 5.75 Å². The van der Waals surface area contributed by atoms with Gasteiger partial charge in [0.2, 0.25) is 11.3 Å². The summed E-state index contributed by atoms with van der Waals surface area (Å²) in [4.78, 5) is 52.9. The maximum Gasteiger partial charge on any atom is 0.387 e. The maximum atomic E-state index is 13.9. The highest BCUT2D eigenvalue weighted by molar-refractivity contribution is 5.98. The van der Waals surface area contributed by atoms with E-state index in [0.717, 1.165) is 18.5 Å². The minimum atomic E-state index is -3.16. The van der Waals surface area contributed by atoms with Crippen LogP contribution in [0.3, 0.4) is 0 Å². The lowest BCUT2D eigenvalue weighted by Gasteiger charge is -2.31. The third-order valence-corrected chi connectivity index (χ3v) is 7.71. The molecule has 11 nitrogen and oxygen atoms in total. The van der Waals surface area contributed by atoms with Crippen LogP contribution in [-0.4, -0.2) is 69.8 Å². The molecule has 1 amide bonds. The topological polar surface area (TPSA) is 121 Å². The first kappa shape index (κ1) is 32.1. The van der Waals surface area contributed by atoms with E-state index in [-0.39, 0.29) is 53.9 Å². The second kappa shape index (κ2) is 12.6. The number of benzene rings is 1. The lowest BCUT2D eigenvalue weighted by atomic mass is 10.0. The summed E-state index contributed by atoms with van der Waals surface area (Å²) in [6.45, 7) is 6.58. The number of carbonyl (C=O) groups excluding carboxylic acids is 3. The summed E-state index contributed by atoms with van der Waals surface area (Å²) < 4.78 is 46.8. The van der Waals surface area contributed by atoms with Crippen LogP contribution in [0.15, 0.2) is 35.4 Å². The van der Waals surface area contributed by atoms with Crippen LogP contribution in [0.1, 0.15) is 69.6 Å². The van der Waals surface area contributed by atoms with E-state index < -0.39 is 35.6 Å². The maximum absolute atomic E-state index is 13.9. The highest BCUT2D eigenvalue weighted by Gasteiger charge is 2.31. The fraction of sp³-hybridized carbons (Fsp3) is 0.500. The summed E-state index contributed by atoms with van der Waals surface area (Å²) >= 11 is 0. The molecule has 1 aromatic carbocycles. The Balaban J connectivity index is 1.45. The molecule has 2 aromatic heterocycles. The summed E-state index contributed by atoms with van der Waals surface area (Å²) in [6, 6.07) is 4.16. The molecule has 45 heavy (non-hydrogen) atoms. The molecule has 0 unspecified atom stereocenters. The van der Waals surface area contributed by atoms with Crippen LogP contribution in [0.2, 0.25) is 0 Å².